The molecule has 0 unspecified atom stereocenters. The highest BCUT2D eigenvalue weighted by atomic mass is 19.4. The topological polar surface area (TPSA) is 42.1 Å². The minimum absolute atomic E-state index is 0.0417. The van der Waals surface area contributed by atoms with Gasteiger partial charge in [-0.2, -0.15) is 13.2 Å². The van der Waals surface area contributed by atoms with Crippen LogP contribution in [0.25, 0.3) is 10.9 Å². The Morgan fingerprint density at radius 2 is 1.74 bits per heavy atom. The molecule has 0 spiro atoms. The molecule has 0 radical (unpaired) electrons. The summed E-state index contributed by atoms with van der Waals surface area (Å²) in [7, 11) is 0. The second kappa shape index (κ2) is 7.10. The Bertz CT molecular complexity index is 1030. The van der Waals surface area contributed by atoms with Crippen LogP contribution >= 0.6 is 0 Å². The molecule has 0 fully saturated rings. The van der Waals surface area contributed by atoms with Crippen molar-refractivity contribution in [2.24, 2.45) is 0 Å². The van der Waals surface area contributed by atoms with Crippen LogP contribution < -0.4 is 10.2 Å². The van der Waals surface area contributed by atoms with Crippen molar-refractivity contribution in [3.63, 3.8) is 0 Å². The third kappa shape index (κ3) is 3.84. The fraction of sp³-hybridized carbons (Fsp3) is 0.286. The maximum atomic E-state index is 12.6. The molecule has 1 aromatic heterocycles. The van der Waals surface area contributed by atoms with E-state index in [0.717, 1.165) is 35.3 Å². The van der Waals surface area contributed by atoms with Crippen molar-refractivity contribution in [2.45, 2.75) is 40.0 Å². The molecule has 3 rings (SSSR count). The van der Waals surface area contributed by atoms with Crippen LogP contribution in [0, 0.1) is 13.8 Å². The van der Waals surface area contributed by atoms with Crippen molar-refractivity contribution < 1.29 is 17.9 Å². The first-order valence-corrected chi connectivity index (χ1v) is 8.65. The molecule has 3 aromatic rings. The van der Waals surface area contributed by atoms with Gasteiger partial charge in [0.1, 0.15) is 12.4 Å². The van der Waals surface area contributed by atoms with Crippen LogP contribution in [0.15, 0.2) is 41.2 Å². The van der Waals surface area contributed by atoms with E-state index in [-0.39, 0.29) is 12.0 Å². The van der Waals surface area contributed by atoms with E-state index in [1.807, 2.05) is 19.9 Å². The number of hydrogen-bond acceptors (Lipinski definition) is 2. The van der Waals surface area contributed by atoms with E-state index in [1.54, 1.807) is 13.0 Å². The van der Waals surface area contributed by atoms with Crippen molar-refractivity contribution in [1.82, 2.24) is 4.98 Å². The van der Waals surface area contributed by atoms with Gasteiger partial charge < -0.3 is 9.72 Å². The Morgan fingerprint density at radius 1 is 1.07 bits per heavy atom. The maximum absolute atomic E-state index is 12.6. The minimum atomic E-state index is -4.36. The predicted molar refractivity (Wildman–Crippen MR) is 99.2 cm³/mol. The Kier molecular flexibility index (Phi) is 5.00. The van der Waals surface area contributed by atoms with E-state index >= 15 is 0 Å². The molecule has 0 aliphatic heterocycles. The summed E-state index contributed by atoms with van der Waals surface area (Å²) in [5.74, 6) is 0.538. The molecule has 142 valence electrons. The first-order chi connectivity index (χ1) is 12.7. The van der Waals surface area contributed by atoms with Crippen LogP contribution in [0.2, 0.25) is 0 Å². The molecular formula is C21H20F3NO2. The number of aromatic nitrogens is 1. The normalized spacial score (nSPS) is 11.8. The largest absolute Gasteiger partial charge is 0.489 e. The highest BCUT2D eigenvalue weighted by molar-refractivity contribution is 5.82. The predicted octanol–water partition coefficient (Wildman–Crippen LogP) is 5.31. The molecule has 3 nitrogen and oxygen atoms in total. The van der Waals surface area contributed by atoms with E-state index in [2.05, 4.69) is 4.98 Å². The monoisotopic (exact) mass is 375 g/mol. The van der Waals surface area contributed by atoms with Gasteiger partial charge in [-0.15, -0.1) is 0 Å². The third-order valence-corrected chi connectivity index (χ3v) is 4.67. The molecule has 0 aliphatic carbocycles. The number of halogens is 3. The van der Waals surface area contributed by atoms with Gasteiger partial charge in [0.15, 0.2) is 5.43 Å². The van der Waals surface area contributed by atoms with Crippen molar-refractivity contribution in [3.8, 4) is 5.75 Å². The number of benzene rings is 2. The van der Waals surface area contributed by atoms with Gasteiger partial charge >= 0.3 is 6.18 Å². The zero-order chi connectivity index (χ0) is 19.8. The van der Waals surface area contributed by atoms with E-state index in [0.29, 0.717) is 22.3 Å². The highest BCUT2D eigenvalue weighted by Gasteiger charge is 2.29. The maximum Gasteiger partial charge on any atom is 0.416 e. The number of ether oxygens (including phenoxy) is 1. The van der Waals surface area contributed by atoms with Crippen molar-refractivity contribution >= 4 is 10.9 Å². The zero-order valence-corrected chi connectivity index (χ0v) is 15.3. The Balaban J connectivity index is 1.88. The number of aryl methyl sites for hydroxylation is 2. The standard InChI is InChI=1S/C21H20F3NO2/c1-4-17-13(3)20(26)16-10-19(12(2)9-18(16)25-17)27-11-14-5-7-15(8-6-14)21(22,23)24/h5-10H,4,11H2,1-3H3,(H,25,26). The van der Waals surface area contributed by atoms with Gasteiger partial charge in [-0.05, 0) is 55.7 Å². The number of H-pyrrole nitrogens is 1. The van der Waals surface area contributed by atoms with Gasteiger partial charge in [-0.3, -0.25) is 4.79 Å². The number of rotatable bonds is 4. The number of fused-ring (bicyclic) bond motifs is 1. The van der Waals surface area contributed by atoms with Crippen molar-refractivity contribution in [1.29, 1.82) is 0 Å². The van der Waals surface area contributed by atoms with Crippen molar-refractivity contribution in [2.75, 3.05) is 0 Å². The average Bonchev–Trinajstić information content (AvgIpc) is 2.63. The lowest BCUT2D eigenvalue weighted by atomic mass is 10.1. The van der Waals surface area contributed by atoms with Gasteiger partial charge in [0.05, 0.1) is 11.1 Å². The second-order valence-corrected chi connectivity index (χ2v) is 6.56. The summed E-state index contributed by atoms with van der Waals surface area (Å²) in [4.78, 5) is 15.9. The Hall–Kier alpha value is -2.76. The zero-order valence-electron chi connectivity index (χ0n) is 15.3. The first-order valence-electron chi connectivity index (χ1n) is 8.65. The molecule has 27 heavy (non-hydrogen) atoms. The van der Waals surface area contributed by atoms with Crippen molar-refractivity contribution in [3.05, 3.63) is 74.6 Å². The lowest BCUT2D eigenvalue weighted by Crippen LogP contribution is -2.12. The quantitative estimate of drug-likeness (QED) is 0.672. The minimum Gasteiger partial charge on any atom is -0.489 e. The first kappa shape index (κ1) is 19.0. The summed E-state index contributed by atoms with van der Waals surface area (Å²) in [6, 6.07) is 8.41. The van der Waals surface area contributed by atoms with Crippen LogP contribution in [0.1, 0.15) is 34.9 Å². The third-order valence-electron chi connectivity index (χ3n) is 4.67. The highest BCUT2D eigenvalue weighted by Crippen LogP contribution is 2.29. The van der Waals surface area contributed by atoms with Gasteiger partial charge in [0, 0.05) is 16.6 Å². The summed E-state index contributed by atoms with van der Waals surface area (Å²) in [5, 5.41) is 0.540. The van der Waals surface area contributed by atoms with E-state index < -0.39 is 11.7 Å². The number of pyridine rings is 1. The van der Waals surface area contributed by atoms with E-state index in [4.69, 9.17) is 4.74 Å². The molecule has 2 aromatic carbocycles. The Morgan fingerprint density at radius 3 is 2.33 bits per heavy atom. The number of alkyl halides is 3. The molecule has 6 heteroatoms. The molecule has 1 N–H and O–H groups in total. The van der Waals surface area contributed by atoms with Gasteiger partial charge in [0.2, 0.25) is 0 Å². The molecule has 0 aliphatic rings. The van der Waals surface area contributed by atoms with Crippen LogP contribution in [0.5, 0.6) is 5.75 Å². The molecule has 0 atom stereocenters. The average molecular weight is 375 g/mol. The SMILES string of the molecule is CCc1[nH]c2cc(C)c(OCc3ccc(C(F)(F)F)cc3)cc2c(=O)c1C. The fourth-order valence-electron chi connectivity index (χ4n) is 3.03. The lowest BCUT2D eigenvalue weighted by molar-refractivity contribution is -0.137. The summed E-state index contributed by atoms with van der Waals surface area (Å²) < 4.78 is 43.7. The fourth-order valence-corrected chi connectivity index (χ4v) is 3.03. The van der Waals surface area contributed by atoms with Crippen LogP contribution in [0.4, 0.5) is 13.2 Å². The molecule has 1 heterocycles. The molecule has 0 saturated heterocycles. The number of aromatic amines is 1. The molecule has 0 amide bonds. The summed E-state index contributed by atoms with van der Waals surface area (Å²) in [6.45, 7) is 5.76. The van der Waals surface area contributed by atoms with Crippen LogP contribution in [-0.4, -0.2) is 4.98 Å². The van der Waals surface area contributed by atoms with E-state index in [1.165, 1.54) is 12.1 Å². The van der Waals surface area contributed by atoms with Crippen LogP contribution in [-0.2, 0) is 19.2 Å². The van der Waals surface area contributed by atoms with Gasteiger partial charge in [-0.1, -0.05) is 19.1 Å². The number of nitrogens with one attached hydrogen (secondary N) is 1. The van der Waals surface area contributed by atoms with Gasteiger partial charge in [-0.25, -0.2) is 0 Å². The molecular weight excluding hydrogens is 355 g/mol. The summed E-state index contributed by atoms with van der Waals surface area (Å²) in [6.07, 6.45) is -3.62. The smallest absolute Gasteiger partial charge is 0.416 e. The molecule has 0 bridgehead atoms. The Labute approximate surface area is 154 Å². The van der Waals surface area contributed by atoms with E-state index in [9.17, 15) is 18.0 Å². The molecule has 0 saturated carbocycles. The summed E-state index contributed by atoms with van der Waals surface area (Å²) >= 11 is 0. The number of hydrogen-bond donors (Lipinski definition) is 1. The second-order valence-electron chi connectivity index (χ2n) is 6.56. The lowest BCUT2D eigenvalue weighted by Gasteiger charge is -2.13. The van der Waals surface area contributed by atoms with Crippen LogP contribution in [0.3, 0.4) is 0 Å². The van der Waals surface area contributed by atoms with Gasteiger partial charge in [0.25, 0.3) is 0 Å². The summed E-state index contributed by atoms with van der Waals surface area (Å²) in [5.41, 5.74) is 3.07.